The van der Waals surface area contributed by atoms with Crippen LogP contribution in [0, 0.1) is 5.92 Å². The Morgan fingerprint density at radius 3 is 2.52 bits per heavy atom. The van der Waals surface area contributed by atoms with Crippen LogP contribution in [0.25, 0.3) is 11.4 Å². The molecule has 0 aliphatic heterocycles. The molecule has 1 aromatic carbocycles. The van der Waals surface area contributed by atoms with E-state index >= 15 is 0 Å². The second-order valence-corrected chi connectivity index (χ2v) is 5.68. The molecule has 0 saturated heterocycles. The summed E-state index contributed by atoms with van der Waals surface area (Å²) < 4.78 is 5.39. The first-order valence-electron chi connectivity index (χ1n) is 7.90. The Bertz CT molecular complexity index is 728. The highest BCUT2D eigenvalue weighted by Crippen LogP contribution is 2.18. The number of nitrogens with one attached hydrogen (secondary N) is 1. The third-order valence-electron chi connectivity index (χ3n) is 3.79. The Hall–Kier alpha value is -2.97. The van der Waals surface area contributed by atoms with Crippen molar-refractivity contribution in [3.8, 4) is 17.1 Å². The van der Waals surface area contributed by atoms with Gasteiger partial charge in [-0.3, -0.25) is 4.79 Å². The molecule has 0 fully saturated rings. The molecule has 0 spiro atoms. The van der Waals surface area contributed by atoms with Gasteiger partial charge in [0.05, 0.1) is 7.05 Å². The van der Waals surface area contributed by atoms with E-state index in [9.17, 15) is 14.7 Å². The van der Waals surface area contributed by atoms with Crippen LogP contribution in [0.5, 0.6) is 5.75 Å². The Morgan fingerprint density at radius 2 is 2.00 bits per heavy atom. The number of tetrazole rings is 1. The lowest BCUT2D eigenvalue weighted by atomic mass is 9.99. The quantitative estimate of drug-likeness (QED) is 0.727. The van der Waals surface area contributed by atoms with Crippen LogP contribution in [0.2, 0.25) is 0 Å². The molecule has 1 aromatic heterocycles. The number of carbonyl (C=O) groups excluding carboxylic acids is 1. The van der Waals surface area contributed by atoms with Gasteiger partial charge in [-0.1, -0.05) is 20.3 Å². The van der Waals surface area contributed by atoms with Gasteiger partial charge < -0.3 is 15.2 Å². The van der Waals surface area contributed by atoms with Crippen molar-refractivity contribution in [2.24, 2.45) is 13.0 Å². The van der Waals surface area contributed by atoms with Gasteiger partial charge in [-0.15, -0.1) is 10.2 Å². The first-order chi connectivity index (χ1) is 11.9. The van der Waals surface area contributed by atoms with Crippen molar-refractivity contribution in [3.63, 3.8) is 0 Å². The summed E-state index contributed by atoms with van der Waals surface area (Å²) in [4.78, 5) is 24.5. The molecule has 2 rings (SSSR count). The molecule has 9 heteroatoms. The van der Waals surface area contributed by atoms with E-state index < -0.39 is 17.9 Å². The van der Waals surface area contributed by atoms with Crippen LogP contribution in [-0.4, -0.2) is 49.8 Å². The van der Waals surface area contributed by atoms with Gasteiger partial charge in [0, 0.05) is 5.56 Å². The normalized spacial score (nSPS) is 13.1. The number of benzene rings is 1. The van der Waals surface area contributed by atoms with E-state index in [1.807, 2.05) is 6.92 Å². The van der Waals surface area contributed by atoms with Crippen LogP contribution in [0.1, 0.15) is 20.3 Å². The Kier molecular flexibility index (Phi) is 6.04. The fourth-order valence-corrected chi connectivity index (χ4v) is 2.15. The summed E-state index contributed by atoms with van der Waals surface area (Å²) >= 11 is 0. The number of carboxylic acids is 1. The van der Waals surface area contributed by atoms with E-state index in [1.54, 1.807) is 38.2 Å². The monoisotopic (exact) mass is 347 g/mol. The predicted octanol–water partition coefficient (Wildman–Crippen LogP) is 0.871. The van der Waals surface area contributed by atoms with E-state index in [0.717, 1.165) is 5.56 Å². The number of aromatic nitrogens is 4. The van der Waals surface area contributed by atoms with E-state index in [1.165, 1.54) is 4.80 Å². The number of rotatable bonds is 8. The number of carboxylic acid groups (broad SMARTS) is 1. The lowest BCUT2D eigenvalue weighted by Gasteiger charge is -2.20. The molecule has 1 amide bonds. The number of aryl methyl sites for hydroxylation is 1. The number of hydrogen-bond acceptors (Lipinski definition) is 6. The molecule has 2 atom stereocenters. The molecule has 2 N–H and O–H groups in total. The summed E-state index contributed by atoms with van der Waals surface area (Å²) in [7, 11) is 1.68. The van der Waals surface area contributed by atoms with Crippen LogP contribution in [-0.2, 0) is 16.6 Å². The molecule has 0 aliphatic carbocycles. The van der Waals surface area contributed by atoms with Gasteiger partial charge in [-0.05, 0) is 35.4 Å². The predicted molar refractivity (Wildman–Crippen MR) is 88.8 cm³/mol. The highest BCUT2D eigenvalue weighted by Gasteiger charge is 2.25. The van der Waals surface area contributed by atoms with Crippen molar-refractivity contribution in [1.82, 2.24) is 25.5 Å². The Labute approximate surface area is 145 Å². The molecule has 134 valence electrons. The molecule has 9 nitrogen and oxygen atoms in total. The van der Waals surface area contributed by atoms with Crippen molar-refractivity contribution in [3.05, 3.63) is 24.3 Å². The SMILES string of the molecule is CC[C@H](C)[C@H](NC(=O)COc1ccc(-c2nnn(C)n2)cc1)C(=O)O. The van der Waals surface area contributed by atoms with Gasteiger partial charge in [0.2, 0.25) is 5.82 Å². The number of amides is 1. The Morgan fingerprint density at radius 1 is 1.32 bits per heavy atom. The maximum absolute atomic E-state index is 11.9. The van der Waals surface area contributed by atoms with E-state index in [4.69, 9.17) is 4.74 Å². The minimum atomic E-state index is -1.05. The molecule has 0 radical (unpaired) electrons. The Balaban J connectivity index is 1.90. The molecule has 25 heavy (non-hydrogen) atoms. The van der Waals surface area contributed by atoms with E-state index in [2.05, 4.69) is 20.7 Å². The van der Waals surface area contributed by atoms with Crippen LogP contribution < -0.4 is 10.1 Å². The first kappa shape index (κ1) is 18.4. The zero-order valence-electron chi connectivity index (χ0n) is 14.3. The second kappa shape index (κ2) is 8.22. The smallest absolute Gasteiger partial charge is 0.326 e. The highest BCUT2D eigenvalue weighted by molar-refractivity contribution is 5.84. The number of hydrogen-bond donors (Lipinski definition) is 2. The average molecular weight is 347 g/mol. The van der Waals surface area contributed by atoms with E-state index in [0.29, 0.717) is 18.0 Å². The highest BCUT2D eigenvalue weighted by atomic mass is 16.5. The molecule has 0 unspecified atom stereocenters. The van der Waals surface area contributed by atoms with Crippen LogP contribution in [0.3, 0.4) is 0 Å². The topological polar surface area (TPSA) is 119 Å². The average Bonchev–Trinajstić information content (AvgIpc) is 3.03. The largest absolute Gasteiger partial charge is 0.484 e. The van der Waals surface area contributed by atoms with Crippen LogP contribution >= 0.6 is 0 Å². The molecule has 0 bridgehead atoms. The maximum atomic E-state index is 11.9. The summed E-state index contributed by atoms with van der Waals surface area (Å²) in [6.45, 7) is 3.39. The number of carbonyl (C=O) groups is 2. The number of aliphatic carboxylic acids is 1. The van der Waals surface area contributed by atoms with Gasteiger partial charge in [0.25, 0.3) is 5.91 Å². The minimum absolute atomic E-state index is 0.166. The maximum Gasteiger partial charge on any atom is 0.326 e. The fourth-order valence-electron chi connectivity index (χ4n) is 2.15. The molecular weight excluding hydrogens is 326 g/mol. The number of nitrogens with zero attached hydrogens (tertiary/aromatic N) is 4. The second-order valence-electron chi connectivity index (χ2n) is 5.68. The lowest BCUT2D eigenvalue weighted by molar-refractivity contribution is -0.143. The van der Waals surface area contributed by atoms with E-state index in [-0.39, 0.29) is 12.5 Å². The molecule has 2 aromatic rings. The number of ether oxygens (including phenoxy) is 1. The van der Waals surface area contributed by atoms with Crippen molar-refractivity contribution in [2.45, 2.75) is 26.3 Å². The third-order valence-corrected chi connectivity index (χ3v) is 3.79. The van der Waals surface area contributed by atoms with Crippen LogP contribution in [0.15, 0.2) is 24.3 Å². The molecule has 0 aliphatic rings. The van der Waals surface area contributed by atoms with Crippen molar-refractivity contribution >= 4 is 11.9 Å². The standard InChI is InChI=1S/C16H21N5O4/c1-4-10(2)14(16(23)24)17-13(22)9-25-12-7-5-11(6-8-12)15-18-20-21(3)19-15/h5-8,10,14H,4,9H2,1-3H3,(H,17,22)(H,23,24)/t10-,14-/m0/s1. The molecular formula is C16H21N5O4. The summed E-state index contributed by atoms with van der Waals surface area (Å²) in [5.74, 6) is -0.723. The lowest BCUT2D eigenvalue weighted by Crippen LogP contribution is -2.46. The van der Waals surface area contributed by atoms with Crippen molar-refractivity contribution in [2.75, 3.05) is 6.61 Å². The van der Waals surface area contributed by atoms with Gasteiger partial charge >= 0.3 is 5.97 Å². The zero-order valence-corrected chi connectivity index (χ0v) is 14.3. The van der Waals surface area contributed by atoms with Gasteiger partial charge in [-0.25, -0.2) is 4.79 Å². The zero-order chi connectivity index (χ0) is 18.4. The van der Waals surface area contributed by atoms with Gasteiger partial charge in [0.15, 0.2) is 6.61 Å². The summed E-state index contributed by atoms with van der Waals surface area (Å²) in [6.07, 6.45) is 0.649. The summed E-state index contributed by atoms with van der Waals surface area (Å²) in [5.41, 5.74) is 0.771. The van der Waals surface area contributed by atoms with Crippen molar-refractivity contribution in [1.29, 1.82) is 0 Å². The first-order valence-corrected chi connectivity index (χ1v) is 7.90. The summed E-state index contributed by atoms with van der Waals surface area (Å²) in [5, 5.41) is 23.4. The molecule has 1 heterocycles. The third kappa shape index (κ3) is 5.00. The fraction of sp³-hybridized carbons (Fsp3) is 0.438. The van der Waals surface area contributed by atoms with Gasteiger partial charge in [0.1, 0.15) is 11.8 Å². The molecule has 0 saturated carbocycles. The minimum Gasteiger partial charge on any atom is -0.484 e. The van der Waals surface area contributed by atoms with Gasteiger partial charge in [-0.2, -0.15) is 4.80 Å². The summed E-state index contributed by atoms with van der Waals surface area (Å²) in [6, 6.07) is 5.95. The van der Waals surface area contributed by atoms with Crippen molar-refractivity contribution < 1.29 is 19.4 Å². The van der Waals surface area contributed by atoms with Crippen LogP contribution in [0.4, 0.5) is 0 Å².